The van der Waals surface area contributed by atoms with Crippen LogP contribution < -0.4 is 5.32 Å². The summed E-state index contributed by atoms with van der Waals surface area (Å²) in [6.45, 7) is 1.79. The Morgan fingerprint density at radius 3 is 2.74 bits per heavy atom. The number of aromatic nitrogens is 1. The number of amides is 2. The Labute approximate surface area is 186 Å². The zero-order valence-corrected chi connectivity index (χ0v) is 18.7. The second kappa shape index (κ2) is 9.56. The van der Waals surface area contributed by atoms with E-state index >= 15 is 0 Å². The van der Waals surface area contributed by atoms with Gasteiger partial charge in [-0.1, -0.05) is 31.4 Å². The van der Waals surface area contributed by atoms with Gasteiger partial charge in [-0.2, -0.15) is 0 Å². The first-order valence-electron chi connectivity index (χ1n) is 10.7. The summed E-state index contributed by atoms with van der Waals surface area (Å²) in [6.07, 6.45) is 5.82. The number of oxazole rings is 1. The number of hydrogen-bond donors (Lipinski definition) is 1. The molecule has 2 aromatic carbocycles. The van der Waals surface area contributed by atoms with Crippen LogP contribution in [0, 0.1) is 6.92 Å². The zero-order valence-electron chi connectivity index (χ0n) is 17.9. The van der Waals surface area contributed by atoms with Crippen LogP contribution in [0.25, 0.3) is 11.1 Å². The molecule has 1 N–H and O–H groups in total. The Hall–Kier alpha value is -2.80. The highest BCUT2D eigenvalue weighted by Crippen LogP contribution is 2.27. The van der Waals surface area contributed by atoms with E-state index in [-0.39, 0.29) is 11.8 Å². The van der Waals surface area contributed by atoms with E-state index in [9.17, 15) is 9.59 Å². The van der Waals surface area contributed by atoms with Crippen molar-refractivity contribution in [3.05, 3.63) is 53.9 Å². The van der Waals surface area contributed by atoms with Gasteiger partial charge in [0.25, 0.3) is 5.91 Å². The number of hydrogen-bond acceptors (Lipinski definition) is 5. The second-order valence-corrected chi connectivity index (χ2v) is 8.97. The SMILES string of the molecule is Cc1nc2cc(NC(=O)c3ccccc3SCC(=O)N(C)C3CCCCC3)ccc2o1. The molecule has 162 valence electrons. The van der Waals surface area contributed by atoms with Gasteiger partial charge in [-0.05, 0) is 43.2 Å². The molecule has 4 rings (SSSR count). The molecule has 31 heavy (non-hydrogen) atoms. The number of anilines is 1. The minimum Gasteiger partial charge on any atom is -0.441 e. The first-order valence-corrected chi connectivity index (χ1v) is 11.7. The van der Waals surface area contributed by atoms with Gasteiger partial charge in [-0.15, -0.1) is 11.8 Å². The Bertz CT molecular complexity index is 1090. The van der Waals surface area contributed by atoms with Gasteiger partial charge in [0, 0.05) is 30.6 Å². The maximum Gasteiger partial charge on any atom is 0.256 e. The average Bonchev–Trinajstić information content (AvgIpc) is 3.17. The van der Waals surface area contributed by atoms with Crippen molar-refractivity contribution in [2.24, 2.45) is 0 Å². The Morgan fingerprint density at radius 2 is 1.94 bits per heavy atom. The molecule has 1 aliphatic carbocycles. The van der Waals surface area contributed by atoms with Crippen molar-refractivity contribution in [1.82, 2.24) is 9.88 Å². The summed E-state index contributed by atoms with van der Waals surface area (Å²) < 4.78 is 5.49. The predicted octanol–water partition coefficient (Wildman–Crippen LogP) is 5.27. The van der Waals surface area contributed by atoms with E-state index in [1.807, 2.05) is 30.1 Å². The number of carbonyl (C=O) groups excluding carboxylic acids is 2. The molecule has 7 heteroatoms. The number of benzene rings is 2. The van der Waals surface area contributed by atoms with Crippen LogP contribution in [0.2, 0.25) is 0 Å². The minimum absolute atomic E-state index is 0.110. The van der Waals surface area contributed by atoms with Crippen LogP contribution in [0.1, 0.15) is 48.4 Å². The molecule has 1 aromatic heterocycles. The number of rotatable bonds is 6. The summed E-state index contributed by atoms with van der Waals surface area (Å²) in [7, 11) is 1.90. The van der Waals surface area contributed by atoms with Crippen molar-refractivity contribution in [2.75, 3.05) is 18.1 Å². The third kappa shape index (κ3) is 5.10. The lowest BCUT2D eigenvalue weighted by Gasteiger charge is -2.31. The summed E-state index contributed by atoms with van der Waals surface area (Å²) in [5.41, 5.74) is 2.59. The van der Waals surface area contributed by atoms with Crippen molar-refractivity contribution >= 4 is 40.4 Å². The van der Waals surface area contributed by atoms with E-state index in [0.717, 1.165) is 17.7 Å². The Morgan fingerprint density at radius 1 is 1.16 bits per heavy atom. The average molecular weight is 438 g/mol. The van der Waals surface area contributed by atoms with Gasteiger partial charge in [0.2, 0.25) is 5.91 Å². The van der Waals surface area contributed by atoms with Gasteiger partial charge in [-0.25, -0.2) is 4.98 Å². The normalized spacial score (nSPS) is 14.5. The molecule has 1 heterocycles. The van der Waals surface area contributed by atoms with Crippen LogP contribution in [0.5, 0.6) is 0 Å². The van der Waals surface area contributed by atoms with Crippen molar-refractivity contribution < 1.29 is 14.0 Å². The largest absolute Gasteiger partial charge is 0.441 e. The highest BCUT2D eigenvalue weighted by Gasteiger charge is 2.22. The molecule has 0 bridgehead atoms. The van der Waals surface area contributed by atoms with Gasteiger partial charge in [0.15, 0.2) is 11.5 Å². The highest BCUT2D eigenvalue weighted by atomic mass is 32.2. The molecule has 0 unspecified atom stereocenters. The predicted molar refractivity (Wildman–Crippen MR) is 124 cm³/mol. The number of thioether (sulfide) groups is 1. The van der Waals surface area contributed by atoms with E-state index in [1.54, 1.807) is 31.2 Å². The third-order valence-electron chi connectivity index (χ3n) is 5.75. The fourth-order valence-electron chi connectivity index (χ4n) is 4.01. The smallest absolute Gasteiger partial charge is 0.256 e. The molecule has 0 saturated heterocycles. The molecule has 0 spiro atoms. The molecule has 1 saturated carbocycles. The van der Waals surface area contributed by atoms with Gasteiger partial charge in [0.05, 0.1) is 11.3 Å². The van der Waals surface area contributed by atoms with Crippen LogP contribution in [0.4, 0.5) is 5.69 Å². The highest BCUT2D eigenvalue weighted by molar-refractivity contribution is 8.00. The van der Waals surface area contributed by atoms with E-state index in [2.05, 4.69) is 10.3 Å². The van der Waals surface area contributed by atoms with Crippen LogP contribution in [-0.2, 0) is 4.79 Å². The van der Waals surface area contributed by atoms with E-state index < -0.39 is 0 Å². The lowest BCUT2D eigenvalue weighted by Crippen LogP contribution is -2.39. The maximum absolute atomic E-state index is 12.9. The molecule has 0 aliphatic heterocycles. The number of nitrogens with one attached hydrogen (secondary N) is 1. The van der Waals surface area contributed by atoms with Crippen LogP contribution in [-0.4, -0.2) is 40.5 Å². The summed E-state index contributed by atoms with van der Waals surface area (Å²) >= 11 is 1.41. The molecule has 6 nitrogen and oxygen atoms in total. The van der Waals surface area contributed by atoms with E-state index in [0.29, 0.717) is 40.0 Å². The molecule has 1 fully saturated rings. The van der Waals surface area contributed by atoms with Crippen molar-refractivity contribution in [3.8, 4) is 0 Å². The van der Waals surface area contributed by atoms with Gasteiger partial charge >= 0.3 is 0 Å². The number of fused-ring (bicyclic) bond motifs is 1. The summed E-state index contributed by atoms with van der Waals surface area (Å²) in [5.74, 6) is 0.805. The summed E-state index contributed by atoms with van der Waals surface area (Å²) in [5, 5.41) is 2.93. The zero-order chi connectivity index (χ0) is 21.8. The topological polar surface area (TPSA) is 75.4 Å². The Balaban J connectivity index is 1.42. The minimum atomic E-state index is -0.212. The summed E-state index contributed by atoms with van der Waals surface area (Å²) in [4.78, 5) is 32.6. The fraction of sp³-hybridized carbons (Fsp3) is 0.375. The van der Waals surface area contributed by atoms with Crippen LogP contribution in [0.3, 0.4) is 0 Å². The fourth-order valence-corrected chi connectivity index (χ4v) is 4.99. The van der Waals surface area contributed by atoms with Crippen LogP contribution in [0.15, 0.2) is 51.8 Å². The quantitative estimate of drug-likeness (QED) is 0.532. The van der Waals surface area contributed by atoms with Crippen molar-refractivity contribution in [3.63, 3.8) is 0 Å². The third-order valence-corrected chi connectivity index (χ3v) is 6.81. The molecule has 3 aromatic rings. The van der Waals surface area contributed by atoms with E-state index in [4.69, 9.17) is 4.42 Å². The summed E-state index contributed by atoms with van der Waals surface area (Å²) in [6, 6.07) is 13.1. The first-order chi connectivity index (χ1) is 15.0. The lowest BCUT2D eigenvalue weighted by molar-refractivity contribution is -0.129. The van der Waals surface area contributed by atoms with Gasteiger partial charge < -0.3 is 14.6 Å². The van der Waals surface area contributed by atoms with Crippen LogP contribution >= 0.6 is 11.8 Å². The molecule has 1 aliphatic rings. The molecular weight excluding hydrogens is 410 g/mol. The molecular formula is C24H27N3O3S. The van der Waals surface area contributed by atoms with E-state index in [1.165, 1.54) is 31.0 Å². The molecule has 0 atom stereocenters. The Kier molecular flexibility index (Phi) is 6.61. The van der Waals surface area contributed by atoms with Crippen molar-refractivity contribution in [2.45, 2.75) is 50.0 Å². The second-order valence-electron chi connectivity index (χ2n) is 7.95. The standard InChI is InChI=1S/C24H27N3O3S/c1-16-25-20-14-17(12-13-21(20)30-16)26-24(29)19-10-6-7-11-22(19)31-15-23(28)27(2)18-8-4-3-5-9-18/h6-7,10-14,18H,3-5,8-9,15H2,1-2H3,(H,26,29). The molecule has 0 radical (unpaired) electrons. The first kappa shape index (κ1) is 21.4. The maximum atomic E-state index is 12.9. The van der Waals surface area contributed by atoms with Crippen molar-refractivity contribution in [1.29, 1.82) is 0 Å². The lowest BCUT2D eigenvalue weighted by atomic mass is 9.94. The monoisotopic (exact) mass is 437 g/mol. The number of carbonyl (C=O) groups is 2. The number of nitrogens with zero attached hydrogens (tertiary/aromatic N) is 2. The number of aryl methyl sites for hydroxylation is 1. The van der Waals surface area contributed by atoms with Gasteiger partial charge in [0.1, 0.15) is 5.52 Å². The molecule has 2 amide bonds. The van der Waals surface area contributed by atoms with Gasteiger partial charge in [-0.3, -0.25) is 9.59 Å².